The molecule has 3 rings (SSSR count). The molecule has 0 bridgehead atoms. The van der Waals surface area contributed by atoms with Gasteiger partial charge in [-0.2, -0.15) is 0 Å². The Kier molecular flexibility index (Phi) is 5.57. The summed E-state index contributed by atoms with van der Waals surface area (Å²) in [5.74, 6) is 0. The largest absolute Gasteiger partial charge is 0.0991 e. The van der Waals surface area contributed by atoms with Crippen LogP contribution >= 0.6 is 0 Å². The highest BCUT2D eigenvalue weighted by Gasteiger charge is 2.46. The molecule has 0 N–H and O–H groups in total. The van der Waals surface area contributed by atoms with Crippen molar-refractivity contribution < 1.29 is 0 Å². The molecule has 2 aromatic carbocycles. The lowest BCUT2D eigenvalue weighted by Crippen LogP contribution is -2.29. The molecule has 0 aliphatic heterocycles. The summed E-state index contributed by atoms with van der Waals surface area (Å²) in [6.07, 6.45) is 16.5. The Morgan fingerprint density at radius 3 is 1.93 bits per heavy atom. The highest BCUT2D eigenvalue weighted by Crippen LogP contribution is 2.56. The zero-order chi connectivity index (χ0) is 19.3. The van der Waals surface area contributed by atoms with Crippen molar-refractivity contribution in [3.63, 3.8) is 0 Å². The van der Waals surface area contributed by atoms with Crippen LogP contribution in [-0.4, -0.2) is 0 Å². The van der Waals surface area contributed by atoms with Gasteiger partial charge in [0.2, 0.25) is 0 Å². The molecular formula is C27H26. The molecule has 0 amide bonds. The second kappa shape index (κ2) is 8.05. The van der Waals surface area contributed by atoms with Gasteiger partial charge in [0.1, 0.15) is 0 Å². The van der Waals surface area contributed by atoms with Crippen molar-refractivity contribution in [1.29, 1.82) is 0 Å². The van der Waals surface area contributed by atoms with Gasteiger partial charge in [-0.1, -0.05) is 110 Å². The van der Waals surface area contributed by atoms with Crippen molar-refractivity contribution in [2.75, 3.05) is 0 Å². The van der Waals surface area contributed by atoms with E-state index in [0.717, 1.165) is 5.57 Å². The first-order valence-electron chi connectivity index (χ1n) is 9.35. The number of allylic oxidation sites excluding steroid dienone is 10. The fraction of sp³-hybridized carbons (Fsp3) is 0.111. The lowest BCUT2D eigenvalue weighted by molar-refractivity contribution is 0.768. The van der Waals surface area contributed by atoms with Gasteiger partial charge in [-0.05, 0) is 47.2 Å². The summed E-state index contributed by atoms with van der Waals surface area (Å²) in [6.45, 7) is 12.6. The van der Waals surface area contributed by atoms with Crippen LogP contribution < -0.4 is 0 Å². The van der Waals surface area contributed by atoms with Crippen LogP contribution in [0.15, 0.2) is 121 Å². The molecule has 134 valence electrons. The molecule has 0 heteroatoms. The predicted molar refractivity (Wildman–Crippen MR) is 119 cm³/mol. The minimum Gasteiger partial charge on any atom is -0.0991 e. The molecule has 0 heterocycles. The van der Waals surface area contributed by atoms with E-state index in [0.29, 0.717) is 0 Å². The molecule has 0 aromatic heterocycles. The van der Waals surface area contributed by atoms with Gasteiger partial charge in [0.05, 0.1) is 5.41 Å². The van der Waals surface area contributed by atoms with E-state index in [1.807, 2.05) is 25.2 Å². The van der Waals surface area contributed by atoms with E-state index in [2.05, 4.69) is 99.0 Å². The van der Waals surface area contributed by atoms with E-state index < -0.39 is 5.41 Å². The van der Waals surface area contributed by atoms with Crippen LogP contribution in [0.3, 0.4) is 0 Å². The Morgan fingerprint density at radius 2 is 1.41 bits per heavy atom. The van der Waals surface area contributed by atoms with E-state index in [4.69, 9.17) is 0 Å². The van der Waals surface area contributed by atoms with Gasteiger partial charge in [-0.3, -0.25) is 0 Å². The topological polar surface area (TPSA) is 0 Å². The average molecular weight is 351 g/mol. The second-order valence-electron chi connectivity index (χ2n) is 6.61. The van der Waals surface area contributed by atoms with Crippen LogP contribution in [0.2, 0.25) is 0 Å². The molecule has 0 saturated heterocycles. The van der Waals surface area contributed by atoms with E-state index in [9.17, 15) is 0 Å². The van der Waals surface area contributed by atoms with Gasteiger partial charge in [-0.25, -0.2) is 0 Å². The highest BCUT2D eigenvalue weighted by molar-refractivity contribution is 5.86. The SMILES string of the molecule is C=C/C=C(\C=C/C)C1(C(=C)/C=C\C=C/C)c2ccccc2-c2ccccc21. The quantitative estimate of drug-likeness (QED) is 0.478. The monoisotopic (exact) mass is 350 g/mol. The number of benzene rings is 2. The minimum absolute atomic E-state index is 0.425. The number of hydrogen-bond acceptors (Lipinski definition) is 0. The smallest absolute Gasteiger partial charge is 0.0707 e. The summed E-state index contributed by atoms with van der Waals surface area (Å²) in [5.41, 5.74) is 6.88. The van der Waals surface area contributed by atoms with Crippen LogP contribution in [0.5, 0.6) is 0 Å². The first-order chi connectivity index (χ1) is 13.2. The van der Waals surface area contributed by atoms with Crippen LogP contribution in [0, 0.1) is 0 Å². The van der Waals surface area contributed by atoms with E-state index in [1.165, 1.54) is 27.8 Å². The Hall–Kier alpha value is -3.12. The van der Waals surface area contributed by atoms with Gasteiger partial charge >= 0.3 is 0 Å². The van der Waals surface area contributed by atoms with Crippen molar-refractivity contribution in [3.8, 4) is 11.1 Å². The maximum absolute atomic E-state index is 4.53. The van der Waals surface area contributed by atoms with E-state index in [1.54, 1.807) is 0 Å². The van der Waals surface area contributed by atoms with Crippen LogP contribution in [-0.2, 0) is 5.41 Å². The Balaban J connectivity index is 2.42. The highest BCUT2D eigenvalue weighted by atomic mass is 14.5. The van der Waals surface area contributed by atoms with Gasteiger partial charge in [0.15, 0.2) is 0 Å². The summed E-state index contributed by atoms with van der Waals surface area (Å²) in [5, 5.41) is 0. The Bertz CT molecular complexity index is 931. The second-order valence-corrected chi connectivity index (χ2v) is 6.61. The van der Waals surface area contributed by atoms with Crippen LogP contribution in [0.4, 0.5) is 0 Å². The van der Waals surface area contributed by atoms with Crippen LogP contribution in [0.25, 0.3) is 11.1 Å². The van der Waals surface area contributed by atoms with Gasteiger partial charge < -0.3 is 0 Å². The molecule has 27 heavy (non-hydrogen) atoms. The molecule has 0 radical (unpaired) electrons. The third kappa shape index (κ3) is 2.98. The summed E-state index contributed by atoms with van der Waals surface area (Å²) < 4.78 is 0. The molecule has 0 nitrogen and oxygen atoms in total. The Labute approximate surface area is 163 Å². The van der Waals surface area contributed by atoms with Gasteiger partial charge in [0.25, 0.3) is 0 Å². The fourth-order valence-electron chi connectivity index (χ4n) is 4.10. The zero-order valence-electron chi connectivity index (χ0n) is 16.2. The third-order valence-electron chi connectivity index (χ3n) is 5.11. The summed E-state index contributed by atoms with van der Waals surface area (Å²) in [6, 6.07) is 17.3. The van der Waals surface area contributed by atoms with Crippen molar-refractivity contribution in [3.05, 3.63) is 133 Å². The van der Waals surface area contributed by atoms with Gasteiger partial charge in [-0.15, -0.1) is 0 Å². The van der Waals surface area contributed by atoms with Crippen molar-refractivity contribution in [2.24, 2.45) is 0 Å². The summed E-state index contributed by atoms with van der Waals surface area (Å²) >= 11 is 0. The molecule has 0 fully saturated rings. The predicted octanol–water partition coefficient (Wildman–Crippen LogP) is 7.33. The third-order valence-corrected chi connectivity index (χ3v) is 5.11. The first-order valence-corrected chi connectivity index (χ1v) is 9.35. The summed E-state index contributed by atoms with van der Waals surface area (Å²) in [4.78, 5) is 0. The van der Waals surface area contributed by atoms with Gasteiger partial charge in [0, 0.05) is 0 Å². The molecular weight excluding hydrogens is 324 g/mol. The van der Waals surface area contributed by atoms with Crippen LogP contribution in [0.1, 0.15) is 25.0 Å². The van der Waals surface area contributed by atoms with Crippen molar-refractivity contribution in [1.82, 2.24) is 0 Å². The minimum atomic E-state index is -0.425. The maximum atomic E-state index is 4.53. The lowest BCUT2D eigenvalue weighted by atomic mass is 9.66. The van der Waals surface area contributed by atoms with Crippen molar-refractivity contribution >= 4 is 0 Å². The standard InChI is InChI=1S/C27H26/c1-5-8-9-16-21(4)27(22(14-6-2)15-7-3)25-19-12-10-17-23(25)24-18-11-13-20-26(24)27/h5-20H,2,4H2,1,3H3/b8-5-,15-7-,16-9-,22-14+. The van der Waals surface area contributed by atoms with E-state index >= 15 is 0 Å². The molecule has 1 aliphatic rings. The Morgan fingerprint density at radius 1 is 0.815 bits per heavy atom. The number of rotatable bonds is 6. The molecule has 0 atom stereocenters. The molecule has 0 unspecified atom stereocenters. The normalized spacial score (nSPS) is 15.4. The molecule has 1 aliphatic carbocycles. The summed E-state index contributed by atoms with van der Waals surface area (Å²) in [7, 11) is 0. The fourth-order valence-corrected chi connectivity index (χ4v) is 4.10. The maximum Gasteiger partial charge on any atom is 0.0707 e. The number of hydrogen-bond donors (Lipinski definition) is 0. The molecule has 2 aromatic rings. The number of fused-ring (bicyclic) bond motifs is 3. The van der Waals surface area contributed by atoms with Crippen molar-refractivity contribution in [2.45, 2.75) is 19.3 Å². The zero-order valence-corrected chi connectivity index (χ0v) is 16.2. The van der Waals surface area contributed by atoms with E-state index in [-0.39, 0.29) is 0 Å². The average Bonchev–Trinajstić information content (AvgIpc) is 2.99. The molecule has 0 spiro atoms. The lowest BCUT2D eigenvalue weighted by Gasteiger charge is -2.35. The first kappa shape index (κ1) is 18.7. The molecule has 0 saturated carbocycles.